The summed E-state index contributed by atoms with van der Waals surface area (Å²) in [4.78, 5) is 19.2. The molecule has 5 rings (SSSR count). The topological polar surface area (TPSA) is 113 Å². The molecule has 11 heteroatoms. The van der Waals surface area contributed by atoms with Crippen LogP contribution in [0.3, 0.4) is 0 Å². The molecule has 0 unspecified atom stereocenters. The summed E-state index contributed by atoms with van der Waals surface area (Å²) in [5, 5.41) is 19.3. The van der Waals surface area contributed by atoms with E-state index in [4.69, 9.17) is 4.74 Å². The monoisotopic (exact) mass is 473 g/mol. The lowest BCUT2D eigenvalue weighted by molar-refractivity contribution is -0.387. The van der Waals surface area contributed by atoms with Crippen molar-refractivity contribution in [2.24, 2.45) is 14.1 Å². The summed E-state index contributed by atoms with van der Waals surface area (Å²) in [7, 11) is 5.18. The molecule has 0 aliphatic heterocycles. The van der Waals surface area contributed by atoms with E-state index in [1.807, 2.05) is 49.4 Å². The molecule has 0 radical (unpaired) electrons. The smallest absolute Gasteiger partial charge is 0.307 e. The molecule has 0 saturated carbocycles. The number of fused-ring (bicyclic) bond motifs is 1. The first-order chi connectivity index (χ1) is 16.8. The maximum atomic E-state index is 14.0. The van der Waals surface area contributed by atoms with Crippen LogP contribution in [0.1, 0.15) is 0 Å². The number of anilines is 2. The Balaban J connectivity index is 1.53. The number of hydrogen-bond donors (Lipinski definition) is 1. The van der Waals surface area contributed by atoms with Gasteiger partial charge in [0.25, 0.3) is 0 Å². The van der Waals surface area contributed by atoms with Crippen LogP contribution in [0.4, 0.5) is 21.7 Å². The average Bonchev–Trinajstić information content (AvgIpc) is 3.43. The molecule has 3 heterocycles. The fourth-order valence-electron chi connectivity index (χ4n) is 3.98. The Morgan fingerprint density at radius 3 is 2.66 bits per heavy atom. The van der Waals surface area contributed by atoms with E-state index in [1.165, 1.54) is 7.11 Å². The highest BCUT2D eigenvalue weighted by atomic mass is 19.1. The number of aromatic nitrogens is 5. The van der Waals surface area contributed by atoms with E-state index in [2.05, 4.69) is 26.4 Å². The Morgan fingerprint density at radius 1 is 1.11 bits per heavy atom. The normalized spacial score (nSPS) is 11.1. The highest BCUT2D eigenvalue weighted by Gasteiger charge is 2.20. The lowest BCUT2D eigenvalue weighted by Crippen LogP contribution is -2.02. The van der Waals surface area contributed by atoms with Crippen LogP contribution in [0, 0.1) is 15.9 Å². The molecule has 0 atom stereocenters. The molecular formula is C24H20FN7O3. The molecule has 0 saturated heterocycles. The number of ether oxygens (including phenoxy) is 1. The van der Waals surface area contributed by atoms with Crippen molar-refractivity contribution in [3.05, 3.63) is 77.1 Å². The molecule has 1 N–H and O–H groups in total. The van der Waals surface area contributed by atoms with Gasteiger partial charge in [0, 0.05) is 66.8 Å². The van der Waals surface area contributed by atoms with E-state index < -0.39 is 16.4 Å². The number of halogens is 1. The first-order valence-corrected chi connectivity index (χ1v) is 10.5. The zero-order valence-corrected chi connectivity index (χ0v) is 19.1. The average molecular weight is 473 g/mol. The molecule has 35 heavy (non-hydrogen) atoms. The molecule has 0 spiro atoms. The van der Waals surface area contributed by atoms with Crippen LogP contribution in [0.5, 0.6) is 5.75 Å². The van der Waals surface area contributed by atoms with Gasteiger partial charge in [0.15, 0.2) is 0 Å². The summed E-state index contributed by atoms with van der Waals surface area (Å²) < 4.78 is 22.9. The fraction of sp³-hybridized carbons (Fsp3) is 0.125. The van der Waals surface area contributed by atoms with Crippen molar-refractivity contribution in [2.75, 3.05) is 12.4 Å². The number of aryl methyl sites for hydroxylation is 2. The van der Waals surface area contributed by atoms with Crippen molar-refractivity contribution in [1.29, 1.82) is 0 Å². The number of methoxy groups -OCH3 is 1. The lowest BCUT2D eigenvalue weighted by atomic mass is 10.0. The molecule has 3 aromatic heterocycles. The van der Waals surface area contributed by atoms with Crippen LogP contribution in [0.25, 0.3) is 33.3 Å². The summed E-state index contributed by atoms with van der Waals surface area (Å²) in [6.07, 6.45) is 7.34. The summed E-state index contributed by atoms with van der Waals surface area (Å²) >= 11 is 0. The number of benzene rings is 2. The molecule has 0 aliphatic carbocycles. The maximum Gasteiger partial charge on any atom is 0.307 e. The van der Waals surface area contributed by atoms with Gasteiger partial charge in [-0.2, -0.15) is 9.49 Å². The second-order valence-corrected chi connectivity index (χ2v) is 7.94. The van der Waals surface area contributed by atoms with Gasteiger partial charge in [-0.05, 0) is 17.7 Å². The quantitative estimate of drug-likeness (QED) is 0.277. The Labute approximate surface area is 198 Å². The van der Waals surface area contributed by atoms with E-state index in [1.54, 1.807) is 16.9 Å². The molecule has 0 bridgehead atoms. The summed E-state index contributed by atoms with van der Waals surface area (Å²) in [6, 6.07) is 9.95. The van der Waals surface area contributed by atoms with Gasteiger partial charge in [0.1, 0.15) is 5.75 Å². The van der Waals surface area contributed by atoms with Crippen LogP contribution in [-0.4, -0.2) is 36.3 Å². The van der Waals surface area contributed by atoms with Gasteiger partial charge >= 0.3 is 5.69 Å². The molecule has 0 aliphatic rings. The Hall–Kier alpha value is -4.80. The zero-order valence-electron chi connectivity index (χ0n) is 19.1. The molecule has 176 valence electrons. The number of nitro benzene ring substituents is 1. The van der Waals surface area contributed by atoms with Crippen LogP contribution >= 0.6 is 0 Å². The Morgan fingerprint density at radius 2 is 1.94 bits per heavy atom. The number of rotatable bonds is 6. The van der Waals surface area contributed by atoms with Gasteiger partial charge in [-0.1, -0.05) is 12.1 Å². The highest BCUT2D eigenvalue weighted by Crippen LogP contribution is 2.35. The minimum Gasteiger partial charge on any atom is -0.494 e. The van der Waals surface area contributed by atoms with Crippen molar-refractivity contribution in [3.63, 3.8) is 0 Å². The third kappa shape index (κ3) is 4.03. The van der Waals surface area contributed by atoms with Crippen LogP contribution in [0.2, 0.25) is 0 Å². The summed E-state index contributed by atoms with van der Waals surface area (Å²) in [5.74, 6) is -0.714. The fourth-order valence-corrected chi connectivity index (χ4v) is 3.98. The van der Waals surface area contributed by atoms with Crippen LogP contribution in [0.15, 0.2) is 61.2 Å². The number of hydrogen-bond acceptors (Lipinski definition) is 7. The van der Waals surface area contributed by atoms with Crippen molar-refractivity contribution >= 4 is 28.2 Å². The molecule has 0 amide bonds. The van der Waals surface area contributed by atoms with Gasteiger partial charge < -0.3 is 14.6 Å². The van der Waals surface area contributed by atoms with E-state index in [0.29, 0.717) is 5.69 Å². The van der Waals surface area contributed by atoms with Crippen molar-refractivity contribution < 1.29 is 14.1 Å². The Kier molecular flexibility index (Phi) is 5.36. The van der Waals surface area contributed by atoms with Gasteiger partial charge in [-0.3, -0.25) is 14.8 Å². The van der Waals surface area contributed by atoms with Crippen molar-refractivity contribution in [2.45, 2.75) is 0 Å². The first kappa shape index (κ1) is 22.0. The van der Waals surface area contributed by atoms with Crippen LogP contribution < -0.4 is 10.1 Å². The molecule has 0 fully saturated rings. The highest BCUT2D eigenvalue weighted by molar-refractivity contribution is 5.97. The molecular weight excluding hydrogens is 453 g/mol. The second kappa shape index (κ2) is 8.52. The predicted octanol–water partition coefficient (Wildman–Crippen LogP) is 4.84. The second-order valence-electron chi connectivity index (χ2n) is 7.94. The van der Waals surface area contributed by atoms with E-state index >= 15 is 0 Å². The third-order valence-electron chi connectivity index (χ3n) is 5.67. The largest absolute Gasteiger partial charge is 0.494 e. The van der Waals surface area contributed by atoms with Crippen molar-refractivity contribution in [1.82, 2.24) is 24.3 Å². The minimum atomic E-state index is -0.992. The predicted molar refractivity (Wildman–Crippen MR) is 129 cm³/mol. The molecule has 5 aromatic rings. The SMILES string of the molecule is COc1cc(F)c([N+](=O)[O-])cc1Nc1nccc(-c2cn(C)c3cc(-c4cnn(C)c4)ccc23)n1. The summed E-state index contributed by atoms with van der Waals surface area (Å²) in [5.41, 5.74) is 4.13. The van der Waals surface area contributed by atoms with Gasteiger partial charge in [0.05, 0.1) is 29.6 Å². The number of nitrogens with one attached hydrogen (secondary N) is 1. The maximum absolute atomic E-state index is 14.0. The number of nitrogens with zero attached hydrogens (tertiary/aromatic N) is 6. The van der Waals surface area contributed by atoms with E-state index in [0.717, 1.165) is 39.7 Å². The van der Waals surface area contributed by atoms with Gasteiger partial charge in [0.2, 0.25) is 11.8 Å². The summed E-state index contributed by atoms with van der Waals surface area (Å²) in [6.45, 7) is 0. The molecule has 2 aromatic carbocycles. The third-order valence-corrected chi connectivity index (χ3v) is 5.67. The van der Waals surface area contributed by atoms with Gasteiger partial charge in [-0.25, -0.2) is 9.97 Å². The van der Waals surface area contributed by atoms with Crippen molar-refractivity contribution in [3.8, 4) is 28.1 Å². The zero-order chi connectivity index (χ0) is 24.7. The van der Waals surface area contributed by atoms with Crippen LogP contribution in [-0.2, 0) is 14.1 Å². The standard InChI is InChI=1S/C24H20FN7O3/c1-30-13-17(16-5-4-14(8-21(16)30)15-11-27-31(2)12-15)19-6-7-26-24(28-19)29-20-10-22(32(33)34)18(25)9-23(20)35-3/h4-13H,1-3H3,(H,26,28,29). The first-order valence-electron chi connectivity index (χ1n) is 10.5. The van der Waals surface area contributed by atoms with Gasteiger partial charge in [-0.15, -0.1) is 0 Å². The number of nitro groups is 1. The van der Waals surface area contributed by atoms with E-state index in [-0.39, 0.29) is 17.4 Å². The Bertz CT molecular complexity index is 1590. The van der Waals surface area contributed by atoms with E-state index in [9.17, 15) is 14.5 Å². The molecule has 10 nitrogen and oxygen atoms in total. The lowest BCUT2D eigenvalue weighted by Gasteiger charge is -2.11. The minimum absolute atomic E-state index is 0.0928.